The van der Waals surface area contributed by atoms with Gasteiger partial charge in [-0.1, -0.05) is 12.1 Å². The number of nitrogens with zero attached hydrogens (tertiary/aromatic N) is 3. The van der Waals surface area contributed by atoms with Crippen LogP contribution in [0.5, 0.6) is 17.2 Å². The van der Waals surface area contributed by atoms with Crippen molar-refractivity contribution in [2.45, 2.75) is 13.1 Å². The predicted octanol–water partition coefficient (Wildman–Crippen LogP) is 2.75. The van der Waals surface area contributed by atoms with Gasteiger partial charge in [0.05, 0.1) is 0 Å². The summed E-state index contributed by atoms with van der Waals surface area (Å²) in [5.41, 5.74) is 1.77. The van der Waals surface area contributed by atoms with Gasteiger partial charge in [0, 0.05) is 31.7 Å². The molecule has 0 radical (unpaired) electrons. The van der Waals surface area contributed by atoms with Gasteiger partial charge in [0.1, 0.15) is 5.75 Å². The third-order valence-electron chi connectivity index (χ3n) is 4.18. The standard InChI is InChI=1S/C20H17N3O4/c24-16-4-2-8-22-19(16)20(25)23(12-15-3-1-7-21-10-15)11-14-5-6-17-18(9-14)27-13-26-17/h1-10,24H,11-13H2. The summed E-state index contributed by atoms with van der Waals surface area (Å²) in [5.74, 6) is 0.826. The van der Waals surface area contributed by atoms with Gasteiger partial charge < -0.3 is 19.5 Å². The van der Waals surface area contributed by atoms with Gasteiger partial charge in [0.2, 0.25) is 6.79 Å². The molecule has 0 atom stereocenters. The molecule has 0 spiro atoms. The highest BCUT2D eigenvalue weighted by molar-refractivity contribution is 5.94. The van der Waals surface area contributed by atoms with Crippen molar-refractivity contribution in [3.8, 4) is 17.2 Å². The third-order valence-corrected chi connectivity index (χ3v) is 4.18. The van der Waals surface area contributed by atoms with Crippen molar-refractivity contribution in [2.75, 3.05) is 6.79 Å². The number of hydrogen-bond donors (Lipinski definition) is 1. The van der Waals surface area contributed by atoms with Crippen LogP contribution in [0.4, 0.5) is 0 Å². The van der Waals surface area contributed by atoms with Gasteiger partial charge in [0.25, 0.3) is 5.91 Å². The summed E-state index contributed by atoms with van der Waals surface area (Å²) in [6.45, 7) is 0.844. The molecule has 1 aliphatic heterocycles. The zero-order valence-electron chi connectivity index (χ0n) is 14.4. The van der Waals surface area contributed by atoms with E-state index in [-0.39, 0.29) is 24.1 Å². The Labute approximate surface area is 155 Å². The van der Waals surface area contributed by atoms with Crippen LogP contribution >= 0.6 is 0 Å². The maximum absolute atomic E-state index is 13.0. The molecule has 27 heavy (non-hydrogen) atoms. The molecule has 0 saturated carbocycles. The minimum Gasteiger partial charge on any atom is -0.505 e. The van der Waals surface area contributed by atoms with Gasteiger partial charge in [-0.05, 0) is 41.5 Å². The summed E-state index contributed by atoms with van der Waals surface area (Å²) in [6, 6.07) is 12.3. The van der Waals surface area contributed by atoms with Crippen LogP contribution in [0, 0.1) is 0 Å². The van der Waals surface area contributed by atoms with Crippen LogP contribution in [-0.4, -0.2) is 32.7 Å². The lowest BCUT2D eigenvalue weighted by Crippen LogP contribution is -2.30. The molecule has 0 fully saturated rings. The van der Waals surface area contributed by atoms with Crippen molar-refractivity contribution in [3.05, 3.63) is 77.9 Å². The van der Waals surface area contributed by atoms with E-state index in [1.807, 2.05) is 30.3 Å². The van der Waals surface area contributed by atoms with E-state index in [1.165, 1.54) is 12.3 Å². The van der Waals surface area contributed by atoms with Crippen LogP contribution in [0.1, 0.15) is 21.6 Å². The predicted molar refractivity (Wildman–Crippen MR) is 96.3 cm³/mol. The summed E-state index contributed by atoms with van der Waals surface area (Å²) < 4.78 is 10.7. The Morgan fingerprint density at radius 3 is 2.67 bits per heavy atom. The Kier molecular flexibility index (Phi) is 4.57. The number of benzene rings is 1. The number of carbonyl (C=O) groups is 1. The van der Waals surface area contributed by atoms with E-state index in [9.17, 15) is 9.90 Å². The molecule has 1 aliphatic rings. The number of amides is 1. The van der Waals surface area contributed by atoms with Gasteiger partial charge in [-0.15, -0.1) is 0 Å². The lowest BCUT2D eigenvalue weighted by molar-refractivity contribution is 0.0720. The quantitative estimate of drug-likeness (QED) is 0.750. The van der Waals surface area contributed by atoms with Crippen LogP contribution in [0.3, 0.4) is 0 Å². The summed E-state index contributed by atoms with van der Waals surface area (Å²) >= 11 is 0. The Morgan fingerprint density at radius 2 is 1.85 bits per heavy atom. The zero-order valence-corrected chi connectivity index (χ0v) is 14.4. The average Bonchev–Trinajstić information content (AvgIpc) is 3.16. The highest BCUT2D eigenvalue weighted by atomic mass is 16.7. The van der Waals surface area contributed by atoms with E-state index in [0.717, 1.165) is 11.1 Å². The number of pyridine rings is 2. The topological polar surface area (TPSA) is 84.8 Å². The van der Waals surface area contributed by atoms with E-state index < -0.39 is 0 Å². The van der Waals surface area contributed by atoms with Gasteiger partial charge in [0.15, 0.2) is 17.2 Å². The van der Waals surface area contributed by atoms with Gasteiger partial charge in [-0.25, -0.2) is 4.98 Å². The minimum atomic E-state index is -0.366. The molecule has 1 aromatic carbocycles. The largest absolute Gasteiger partial charge is 0.505 e. The smallest absolute Gasteiger partial charge is 0.276 e. The average molecular weight is 363 g/mol. The second-order valence-electron chi connectivity index (χ2n) is 6.08. The molecule has 4 rings (SSSR count). The molecule has 7 nitrogen and oxygen atoms in total. The Morgan fingerprint density at radius 1 is 1.04 bits per heavy atom. The summed E-state index contributed by atoms with van der Waals surface area (Å²) in [7, 11) is 0. The Hall–Kier alpha value is -3.61. The van der Waals surface area contributed by atoms with Crippen molar-refractivity contribution in [2.24, 2.45) is 0 Å². The molecule has 3 heterocycles. The van der Waals surface area contributed by atoms with Crippen molar-refractivity contribution < 1.29 is 19.4 Å². The molecule has 3 aromatic rings. The monoisotopic (exact) mass is 363 g/mol. The second kappa shape index (κ2) is 7.33. The highest BCUT2D eigenvalue weighted by Crippen LogP contribution is 2.33. The molecule has 1 N–H and O–H groups in total. The molecule has 0 bridgehead atoms. The number of aromatic hydroxyl groups is 1. The van der Waals surface area contributed by atoms with Gasteiger partial charge >= 0.3 is 0 Å². The molecule has 1 amide bonds. The van der Waals surface area contributed by atoms with E-state index >= 15 is 0 Å². The van der Waals surface area contributed by atoms with Crippen LogP contribution in [0.25, 0.3) is 0 Å². The lowest BCUT2D eigenvalue weighted by atomic mass is 10.1. The summed E-state index contributed by atoms with van der Waals surface area (Å²) in [5, 5.41) is 10.0. The molecule has 136 valence electrons. The summed E-state index contributed by atoms with van der Waals surface area (Å²) in [4.78, 5) is 22.8. The molecule has 7 heteroatoms. The van der Waals surface area contributed by atoms with E-state index in [1.54, 1.807) is 23.4 Å². The minimum absolute atomic E-state index is 0.0159. The molecule has 0 saturated heterocycles. The number of aromatic nitrogens is 2. The third kappa shape index (κ3) is 3.67. The lowest BCUT2D eigenvalue weighted by Gasteiger charge is -2.23. The van der Waals surface area contributed by atoms with E-state index in [2.05, 4.69) is 9.97 Å². The molecule has 0 unspecified atom stereocenters. The number of hydrogen-bond acceptors (Lipinski definition) is 6. The number of fused-ring (bicyclic) bond motifs is 1. The Bertz CT molecular complexity index is 962. The SMILES string of the molecule is O=C(c1ncccc1O)N(Cc1cccnc1)Cc1ccc2c(c1)OCO2. The van der Waals surface area contributed by atoms with Crippen molar-refractivity contribution in [1.82, 2.24) is 14.9 Å². The van der Waals surface area contributed by atoms with Crippen molar-refractivity contribution in [1.29, 1.82) is 0 Å². The fourth-order valence-corrected chi connectivity index (χ4v) is 2.88. The number of rotatable bonds is 5. The van der Waals surface area contributed by atoms with Gasteiger partial charge in [-0.3, -0.25) is 9.78 Å². The first-order valence-electron chi connectivity index (χ1n) is 8.41. The second-order valence-corrected chi connectivity index (χ2v) is 6.08. The highest BCUT2D eigenvalue weighted by Gasteiger charge is 2.22. The van der Waals surface area contributed by atoms with E-state index in [0.29, 0.717) is 24.6 Å². The van der Waals surface area contributed by atoms with Crippen LogP contribution < -0.4 is 9.47 Å². The van der Waals surface area contributed by atoms with Crippen LogP contribution in [0.15, 0.2) is 61.1 Å². The van der Waals surface area contributed by atoms with Crippen LogP contribution in [0.2, 0.25) is 0 Å². The Balaban J connectivity index is 1.63. The fourth-order valence-electron chi connectivity index (χ4n) is 2.88. The van der Waals surface area contributed by atoms with E-state index in [4.69, 9.17) is 9.47 Å². The molecular weight excluding hydrogens is 346 g/mol. The van der Waals surface area contributed by atoms with Crippen molar-refractivity contribution >= 4 is 5.91 Å². The number of ether oxygens (including phenoxy) is 2. The maximum atomic E-state index is 13.0. The van der Waals surface area contributed by atoms with Crippen LogP contribution in [-0.2, 0) is 13.1 Å². The maximum Gasteiger partial charge on any atom is 0.276 e. The molecular formula is C20H17N3O4. The normalized spacial score (nSPS) is 12.0. The van der Waals surface area contributed by atoms with Crippen molar-refractivity contribution in [3.63, 3.8) is 0 Å². The first kappa shape index (κ1) is 16.8. The fraction of sp³-hybridized carbons (Fsp3) is 0.150. The number of carbonyl (C=O) groups excluding carboxylic acids is 1. The van der Waals surface area contributed by atoms with Gasteiger partial charge in [-0.2, -0.15) is 0 Å². The zero-order chi connectivity index (χ0) is 18.6. The molecule has 2 aromatic heterocycles. The summed E-state index contributed by atoms with van der Waals surface area (Å²) in [6.07, 6.45) is 4.87. The first-order valence-corrected chi connectivity index (χ1v) is 8.41. The molecule has 0 aliphatic carbocycles. The first-order chi connectivity index (χ1) is 13.2.